The first-order valence-corrected chi connectivity index (χ1v) is 7.21. The van der Waals surface area contributed by atoms with E-state index in [1.165, 1.54) is 0 Å². The lowest BCUT2D eigenvalue weighted by molar-refractivity contribution is 0.101. The summed E-state index contributed by atoms with van der Waals surface area (Å²) in [6.07, 6.45) is 1.68. The Morgan fingerprint density at radius 3 is 2.70 bits per heavy atom. The van der Waals surface area contributed by atoms with Crippen LogP contribution in [0.1, 0.15) is 10.5 Å². The van der Waals surface area contributed by atoms with Crippen LogP contribution in [-0.2, 0) is 7.05 Å². The predicted octanol–water partition coefficient (Wildman–Crippen LogP) is 3.43. The third kappa shape index (κ3) is 2.29. The Bertz CT molecular complexity index is 770. The number of nitrogens with one attached hydrogen (secondary N) is 1. The number of amides is 1. The molecule has 3 rings (SSSR count). The van der Waals surface area contributed by atoms with Crippen molar-refractivity contribution in [3.63, 3.8) is 0 Å². The average Bonchev–Trinajstić information content (AvgIpc) is 2.78. The highest BCUT2D eigenvalue weighted by atomic mass is 127. The molecular formula is C15H12IN3O. The van der Waals surface area contributed by atoms with Crippen molar-refractivity contribution in [1.29, 1.82) is 0 Å². The third-order valence-electron chi connectivity index (χ3n) is 3.15. The fraction of sp³-hybridized carbons (Fsp3) is 0.0667. The minimum atomic E-state index is -0.147. The summed E-state index contributed by atoms with van der Waals surface area (Å²) in [7, 11) is 1.76. The molecule has 0 spiro atoms. The highest BCUT2D eigenvalue weighted by Gasteiger charge is 2.15. The van der Waals surface area contributed by atoms with Crippen LogP contribution in [0.5, 0.6) is 0 Å². The van der Waals surface area contributed by atoms with Gasteiger partial charge in [-0.1, -0.05) is 36.4 Å². The van der Waals surface area contributed by atoms with Crippen LogP contribution in [0.4, 0.5) is 5.69 Å². The fourth-order valence-corrected chi connectivity index (χ4v) is 2.90. The largest absolute Gasteiger partial charge is 0.320 e. The van der Waals surface area contributed by atoms with Gasteiger partial charge < -0.3 is 5.32 Å². The number of halogens is 1. The number of carbonyl (C=O) groups is 1. The molecular weight excluding hydrogens is 365 g/mol. The molecule has 0 aliphatic heterocycles. The first-order valence-electron chi connectivity index (χ1n) is 6.13. The summed E-state index contributed by atoms with van der Waals surface area (Å²) in [6, 6.07) is 13.8. The summed E-state index contributed by atoms with van der Waals surface area (Å²) in [6.45, 7) is 0. The van der Waals surface area contributed by atoms with E-state index in [2.05, 4.69) is 33.0 Å². The molecule has 0 unspecified atom stereocenters. The van der Waals surface area contributed by atoms with Crippen molar-refractivity contribution in [1.82, 2.24) is 9.78 Å². The number of rotatable bonds is 2. The Balaban J connectivity index is 2.00. The van der Waals surface area contributed by atoms with Gasteiger partial charge in [-0.25, -0.2) is 0 Å². The monoisotopic (exact) mass is 377 g/mol. The van der Waals surface area contributed by atoms with E-state index in [0.717, 1.165) is 20.0 Å². The molecule has 0 saturated carbocycles. The summed E-state index contributed by atoms with van der Waals surface area (Å²) >= 11 is 2.11. The van der Waals surface area contributed by atoms with Gasteiger partial charge in [0.1, 0.15) is 5.69 Å². The summed E-state index contributed by atoms with van der Waals surface area (Å²) in [4.78, 5) is 12.4. The number of hydrogen-bond acceptors (Lipinski definition) is 2. The Morgan fingerprint density at radius 2 is 1.95 bits per heavy atom. The highest BCUT2D eigenvalue weighted by Crippen LogP contribution is 2.24. The van der Waals surface area contributed by atoms with Crippen LogP contribution in [0, 0.1) is 3.57 Å². The van der Waals surface area contributed by atoms with Crippen molar-refractivity contribution in [2.24, 2.45) is 7.05 Å². The zero-order valence-electron chi connectivity index (χ0n) is 10.8. The van der Waals surface area contributed by atoms with Crippen molar-refractivity contribution >= 4 is 45.0 Å². The Morgan fingerprint density at radius 1 is 1.20 bits per heavy atom. The van der Waals surface area contributed by atoms with Crippen LogP contribution in [-0.4, -0.2) is 15.7 Å². The maximum absolute atomic E-state index is 12.4. The molecule has 0 saturated heterocycles. The summed E-state index contributed by atoms with van der Waals surface area (Å²) in [5.41, 5.74) is 1.38. The molecule has 20 heavy (non-hydrogen) atoms. The maximum atomic E-state index is 12.4. The van der Waals surface area contributed by atoms with Crippen molar-refractivity contribution in [3.05, 3.63) is 57.9 Å². The lowest BCUT2D eigenvalue weighted by atomic mass is 10.1. The van der Waals surface area contributed by atoms with Crippen molar-refractivity contribution in [3.8, 4) is 0 Å². The smallest absolute Gasteiger partial charge is 0.275 e. The van der Waals surface area contributed by atoms with Gasteiger partial charge in [0.2, 0.25) is 0 Å². The van der Waals surface area contributed by atoms with Gasteiger partial charge in [0.05, 0.1) is 9.77 Å². The van der Waals surface area contributed by atoms with E-state index in [9.17, 15) is 4.79 Å². The standard InChI is InChI=1S/C15H12IN3O/c1-19-14(12(16)9-17-19)15(20)18-13-8-4-6-10-5-2-3-7-11(10)13/h2-9H,1H3,(H,18,20). The normalized spacial score (nSPS) is 10.7. The number of hydrogen-bond donors (Lipinski definition) is 1. The van der Waals surface area contributed by atoms with E-state index in [1.807, 2.05) is 42.5 Å². The molecule has 4 nitrogen and oxygen atoms in total. The van der Waals surface area contributed by atoms with Crippen LogP contribution in [0.3, 0.4) is 0 Å². The number of benzene rings is 2. The molecule has 1 aromatic heterocycles. The highest BCUT2D eigenvalue weighted by molar-refractivity contribution is 14.1. The van der Waals surface area contributed by atoms with Gasteiger partial charge in [-0.05, 0) is 34.0 Å². The first kappa shape index (κ1) is 13.1. The lowest BCUT2D eigenvalue weighted by Crippen LogP contribution is -2.17. The quantitative estimate of drug-likeness (QED) is 0.696. The van der Waals surface area contributed by atoms with E-state index in [1.54, 1.807) is 17.9 Å². The van der Waals surface area contributed by atoms with Gasteiger partial charge in [-0.2, -0.15) is 5.10 Å². The molecule has 0 radical (unpaired) electrons. The zero-order valence-corrected chi connectivity index (χ0v) is 13.0. The van der Waals surface area contributed by atoms with Crippen LogP contribution < -0.4 is 5.32 Å². The zero-order chi connectivity index (χ0) is 14.1. The molecule has 5 heteroatoms. The second-order valence-corrected chi connectivity index (χ2v) is 5.61. The van der Waals surface area contributed by atoms with Gasteiger partial charge in [0.25, 0.3) is 5.91 Å². The molecule has 0 fully saturated rings. The van der Waals surface area contributed by atoms with E-state index in [4.69, 9.17) is 0 Å². The second kappa shape index (κ2) is 5.24. The SMILES string of the molecule is Cn1ncc(I)c1C(=O)Nc1cccc2ccccc12. The number of nitrogens with zero attached hydrogens (tertiary/aromatic N) is 2. The Kier molecular flexibility index (Phi) is 3.43. The number of aryl methyl sites for hydroxylation is 1. The molecule has 1 N–H and O–H groups in total. The summed E-state index contributed by atoms with van der Waals surface area (Å²) < 4.78 is 2.42. The van der Waals surface area contributed by atoms with Gasteiger partial charge in [0, 0.05) is 18.1 Å². The fourth-order valence-electron chi connectivity index (χ4n) is 2.18. The third-order valence-corrected chi connectivity index (χ3v) is 3.94. The van der Waals surface area contributed by atoms with Crippen LogP contribution >= 0.6 is 22.6 Å². The van der Waals surface area contributed by atoms with Gasteiger partial charge in [-0.15, -0.1) is 0 Å². The Labute approximate surface area is 129 Å². The molecule has 0 aliphatic rings. The number of fused-ring (bicyclic) bond motifs is 1. The minimum Gasteiger partial charge on any atom is -0.320 e. The maximum Gasteiger partial charge on any atom is 0.275 e. The molecule has 1 amide bonds. The first-order chi connectivity index (χ1) is 9.66. The molecule has 100 valence electrons. The molecule has 0 aliphatic carbocycles. The topological polar surface area (TPSA) is 46.9 Å². The molecule has 0 atom stereocenters. The van der Waals surface area contributed by atoms with E-state index >= 15 is 0 Å². The predicted molar refractivity (Wildman–Crippen MR) is 87.8 cm³/mol. The number of carbonyl (C=O) groups excluding carboxylic acids is 1. The van der Waals surface area contributed by atoms with Crippen molar-refractivity contribution < 1.29 is 4.79 Å². The molecule has 2 aromatic carbocycles. The number of anilines is 1. The van der Waals surface area contributed by atoms with Crippen molar-refractivity contribution in [2.45, 2.75) is 0 Å². The van der Waals surface area contributed by atoms with Crippen LogP contribution in [0.25, 0.3) is 10.8 Å². The molecule has 0 bridgehead atoms. The van der Waals surface area contributed by atoms with Crippen molar-refractivity contribution in [2.75, 3.05) is 5.32 Å². The second-order valence-electron chi connectivity index (χ2n) is 4.45. The van der Waals surface area contributed by atoms with Crippen LogP contribution in [0.15, 0.2) is 48.7 Å². The van der Waals surface area contributed by atoms with E-state index in [0.29, 0.717) is 5.69 Å². The van der Waals surface area contributed by atoms with Gasteiger partial charge >= 0.3 is 0 Å². The lowest BCUT2D eigenvalue weighted by Gasteiger charge is -2.09. The van der Waals surface area contributed by atoms with Crippen LogP contribution in [0.2, 0.25) is 0 Å². The minimum absolute atomic E-state index is 0.147. The van der Waals surface area contributed by atoms with Gasteiger partial charge in [0.15, 0.2) is 0 Å². The van der Waals surface area contributed by atoms with Gasteiger partial charge in [-0.3, -0.25) is 9.48 Å². The summed E-state index contributed by atoms with van der Waals surface area (Å²) in [5, 5.41) is 9.18. The number of aromatic nitrogens is 2. The summed E-state index contributed by atoms with van der Waals surface area (Å²) in [5.74, 6) is -0.147. The molecule has 3 aromatic rings. The molecule has 1 heterocycles. The average molecular weight is 377 g/mol. The van der Waals surface area contributed by atoms with E-state index in [-0.39, 0.29) is 5.91 Å². The Hall–Kier alpha value is -1.89. The van der Waals surface area contributed by atoms with E-state index < -0.39 is 0 Å².